The topological polar surface area (TPSA) is 9.23 Å². The summed E-state index contributed by atoms with van der Waals surface area (Å²) in [6.45, 7) is 0. The third kappa shape index (κ3) is 5.28. The summed E-state index contributed by atoms with van der Waals surface area (Å²) < 4.78 is 5.41. The minimum Gasteiger partial charge on any atom is -0.497 e. The lowest BCUT2D eigenvalue weighted by atomic mass is 9.91. The number of ether oxygens (including phenoxy) is 1. The SMILES string of the molecule is COc1ccc(/C=C(\c2ccccc2)c2cccc3cccc(P(c4ccccc4)c4ccccc4)c23)cc1. The Hall–Kier alpha value is -4.45. The number of fused-ring (bicyclic) bond motifs is 1. The van der Waals surface area contributed by atoms with E-state index in [1.165, 1.54) is 43.4 Å². The van der Waals surface area contributed by atoms with Crippen LogP contribution < -0.4 is 20.7 Å². The number of rotatable bonds is 7. The Morgan fingerprint density at radius 2 is 1.13 bits per heavy atom. The van der Waals surface area contributed by atoms with E-state index in [0.717, 1.165) is 11.3 Å². The van der Waals surface area contributed by atoms with Crippen LogP contribution in [0.2, 0.25) is 0 Å². The Balaban J connectivity index is 1.63. The zero-order chi connectivity index (χ0) is 26.4. The predicted octanol–water partition coefficient (Wildman–Crippen LogP) is 8.20. The van der Waals surface area contributed by atoms with Crippen molar-refractivity contribution in [2.45, 2.75) is 0 Å². The minimum absolute atomic E-state index is 0.765. The highest BCUT2D eigenvalue weighted by atomic mass is 31.1. The van der Waals surface area contributed by atoms with Crippen LogP contribution >= 0.6 is 7.92 Å². The van der Waals surface area contributed by atoms with Crippen LogP contribution in [0.1, 0.15) is 16.7 Å². The predicted molar refractivity (Wildman–Crippen MR) is 169 cm³/mol. The van der Waals surface area contributed by atoms with Gasteiger partial charge in [0.05, 0.1) is 7.11 Å². The molecule has 0 aliphatic carbocycles. The van der Waals surface area contributed by atoms with E-state index >= 15 is 0 Å². The third-order valence-corrected chi connectivity index (χ3v) is 9.44. The fraction of sp³-hybridized carbons (Fsp3) is 0.0270. The monoisotopic (exact) mass is 520 g/mol. The molecule has 0 heterocycles. The molecule has 0 aliphatic rings. The Morgan fingerprint density at radius 3 is 1.72 bits per heavy atom. The Bertz CT molecular complexity index is 1660. The largest absolute Gasteiger partial charge is 0.497 e. The second-order valence-corrected chi connectivity index (χ2v) is 11.6. The molecule has 0 spiro atoms. The van der Waals surface area contributed by atoms with Gasteiger partial charge in [-0.2, -0.15) is 0 Å². The molecule has 0 bridgehead atoms. The molecule has 0 N–H and O–H groups in total. The summed E-state index contributed by atoms with van der Waals surface area (Å²) >= 11 is 0. The molecule has 0 saturated carbocycles. The molecule has 0 unspecified atom stereocenters. The van der Waals surface area contributed by atoms with Gasteiger partial charge in [-0.25, -0.2) is 0 Å². The van der Waals surface area contributed by atoms with E-state index in [1.54, 1.807) is 7.11 Å². The van der Waals surface area contributed by atoms with Gasteiger partial charge >= 0.3 is 0 Å². The summed E-state index contributed by atoms with van der Waals surface area (Å²) in [5, 5.41) is 6.62. The van der Waals surface area contributed by atoms with E-state index in [-0.39, 0.29) is 0 Å². The molecule has 0 aliphatic heterocycles. The van der Waals surface area contributed by atoms with Gasteiger partial charge in [0.15, 0.2) is 0 Å². The van der Waals surface area contributed by atoms with E-state index in [0.29, 0.717) is 0 Å². The Labute approximate surface area is 231 Å². The number of benzene rings is 6. The van der Waals surface area contributed by atoms with Gasteiger partial charge in [-0.05, 0) is 75.1 Å². The van der Waals surface area contributed by atoms with Crippen molar-refractivity contribution in [1.82, 2.24) is 0 Å². The number of hydrogen-bond acceptors (Lipinski definition) is 1. The molecular formula is C37H29OP. The van der Waals surface area contributed by atoms with Crippen LogP contribution in [-0.2, 0) is 0 Å². The van der Waals surface area contributed by atoms with Crippen molar-refractivity contribution < 1.29 is 4.74 Å². The summed E-state index contributed by atoms with van der Waals surface area (Å²) in [6, 6.07) is 54.3. The molecule has 0 radical (unpaired) electrons. The Morgan fingerprint density at radius 1 is 0.564 bits per heavy atom. The first-order chi connectivity index (χ1) is 19.3. The number of methoxy groups -OCH3 is 1. The van der Waals surface area contributed by atoms with Gasteiger partial charge in [0.1, 0.15) is 5.75 Å². The van der Waals surface area contributed by atoms with Crippen molar-refractivity contribution in [1.29, 1.82) is 0 Å². The highest BCUT2D eigenvalue weighted by Gasteiger charge is 2.21. The van der Waals surface area contributed by atoms with Crippen LogP contribution in [0.5, 0.6) is 5.75 Å². The van der Waals surface area contributed by atoms with Gasteiger partial charge in [0.25, 0.3) is 0 Å². The lowest BCUT2D eigenvalue weighted by molar-refractivity contribution is 0.415. The molecule has 188 valence electrons. The van der Waals surface area contributed by atoms with Gasteiger partial charge in [-0.3, -0.25) is 0 Å². The van der Waals surface area contributed by atoms with E-state index in [9.17, 15) is 0 Å². The number of hydrogen-bond donors (Lipinski definition) is 0. The third-order valence-electron chi connectivity index (χ3n) is 6.95. The van der Waals surface area contributed by atoms with Crippen molar-refractivity contribution in [2.75, 3.05) is 7.11 Å². The molecular weight excluding hydrogens is 491 g/mol. The first-order valence-corrected chi connectivity index (χ1v) is 14.5. The van der Waals surface area contributed by atoms with Gasteiger partial charge in [0, 0.05) is 0 Å². The lowest BCUT2D eigenvalue weighted by Gasteiger charge is -2.23. The summed E-state index contributed by atoms with van der Waals surface area (Å²) in [5.41, 5.74) is 4.77. The van der Waals surface area contributed by atoms with Crippen LogP contribution in [0.4, 0.5) is 0 Å². The van der Waals surface area contributed by atoms with Crippen molar-refractivity contribution >= 4 is 46.3 Å². The smallest absolute Gasteiger partial charge is 0.118 e. The van der Waals surface area contributed by atoms with Crippen molar-refractivity contribution in [3.8, 4) is 5.75 Å². The van der Waals surface area contributed by atoms with E-state index in [1.807, 2.05) is 12.1 Å². The quantitative estimate of drug-likeness (QED) is 0.152. The van der Waals surface area contributed by atoms with Crippen LogP contribution in [0.15, 0.2) is 152 Å². The second-order valence-electron chi connectivity index (χ2n) is 9.38. The molecule has 0 amide bonds. The fourth-order valence-electron chi connectivity index (χ4n) is 5.11. The average molecular weight is 521 g/mol. The van der Waals surface area contributed by atoms with Gasteiger partial charge in [-0.15, -0.1) is 0 Å². The molecule has 0 atom stereocenters. The van der Waals surface area contributed by atoms with Gasteiger partial charge < -0.3 is 4.74 Å². The zero-order valence-electron chi connectivity index (χ0n) is 21.9. The maximum Gasteiger partial charge on any atom is 0.118 e. The molecule has 39 heavy (non-hydrogen) atoms. The summed E-state index contributed by atoms with van der Waals surface area (Å²) in [4.78, 5) is 0. The first kappa shape index (κ1) is 24.9. The van der Waals surface area contributed by atoms with Gasteiger partial charge in [0.2, 0.25) is 0 Å². The Kier molecular flexibility index (Phi) is 7.34. The average Bonchev–Trinajstić information content (AvgIpc) is 3.02. The highest BCUT2D eigenvalue weighted by molar-refractivity contribution is 7.80. The standard InChI is InChI=1S/C37H29OP/c1-38-31-25-23-28(24-26-31)27-35(29-13-5-2-6-14-29)34-21-11-15-30-16-12-22-36(37(30)34)39(32-17-7-3-8-18-32)33-19-9-4-10-20-33/h2-27H,1H3/b35-27+. The van der Waals surface area contributed by atoms with Crippen LogP contribution in [0.25, 0.3) is 22.4 Å². The van der Waals surface area contributed by atoms with Crippen molar-refractivity contribution in [3.05, 3.63) is 168 Å². The molecule has 0 saturated heterocycles. The molecule has 1 nitrogen and oxygen atoms in total. The van der Waals surface area contributed by atoms with Gasteiger partial charge in [-0.1, -0.05) is 140 Å². The van der Waals surface area contributed by atoms with E-state index < -0.39 is 7.92 Å². The summed E-state index contributed by atoms with van der Waals surface area (Å²) in [7, 11) is 0.939. The maximum atomic E-state index is 5.41. The minimum atomic E-state index is -0.765. The normalized spacial score (nSPS) is 11.6. The molecule has 6 rings (SSSR count). The van der Waals surface area contributed by atoms with E-state index in [4.69, 9.17) is 4.74 Å². The first-order valence-electron chi connectivity index (χ1n) is 13.2. The highest BCUT2D eigenvalue weighted by Crippen LogP contribution is 2.39. The van der Waals surface area contributed by atoms with Crippen molar-refractivity contribution in [3.63, 3.8) is 0 Å². The maximum absolute atomic E-state index is 5.41. The van der Waals surface area contributed by atoms with Crippen LogP contribution in [0, 0.1) is 0 Å². The molecule has 6 aromatic rings. The van der Waals surface area contributed by atoms with E-state index in [2.05, 4.69) is 146 Å². The molecule has 0 fully saturated rings. The fourth-order valence-corrected chi connectivity index (χ4v) is 7.62. The van der Waals surface area contributed by atoms with Crippen LogP contribution in [0.3, 0.4) is 0 Å². The van der Waals surface area contributed by atoms with Crippen molar-refractivity contribution in [2.24, 2.45) is 0 Å². The summed E-state index contributed by atoms with van der Waals surface area (Å²) in [6.07, 6.45) is 2.30. The summed E-state index contributed by atoms with van der Waals surface area (Å²) in [5.74, 6) is 0.859. The zero-order valence-corrected chi connectivity index (χ0v) is 22.8. The lowest BCUT2D eigenvalue weighted by Crippen LogP contribution is -2.21. The second kappa shape index (κ2) is 11.5. The molecule has 2 heteroatoms. The molecule has 6 aromatic carbocycles. The molecule has 0 aromatic heterocycles. The van der Waals surface area contributed by atoms with Crippen LogP contribution in [-0.4, -0.2) is 7.11 Å².